The van der Waals surface area contributed by atoms with Gasteiger partial charge in [0.2, 0.25) is 5.91 Å². The molecule has 3 heterocycles. The maximum absolute atomic E-state index is 12.0. The Labute approximate surface area is 168 Å². The summed E-state index contributed by atoms with van der Waals surface area (Å²) >= 11 is 0. The fourth-order valence-corrected chi connectivity index (χ4v) is 4.21. The van der Waals surface area contributed by atoms with E-state index in [9.17, 15) is 9.59 Å². The Morgan fingerprint density at radius 3 is 2.52 bits per heavy atom. The molecule has 0 unspecified atom stereocenters. The average molecular weight is 392 g/mol. The molecule has 0 bridgehead atoms. The number of imide groups is 1. The fourth-order valence-electron chi connectivity index (χ4n) is 4.21. The molecule has 0 atom stereocenters. The van der Waals surface area contributed by atoms with Gasteiger partial charge in [-0.3, -0.25) is 14.9 Å². The van der Waals surface area contributed by atoms with Gasteiger partial charge in [0, 0.05) is 29.3 Å². The van der Waals surface area contributed by atoms with Crippen molar-refractivity contribution in [3.63, 3.8) is 0 Å². The second kappa shape index (κ2) is 6.30. The minimum absolute atomic E-state index is 0.104. The summed E-state index contributed by atoms with van der Waals surface area (Å²) in [5.74, 6) is 2.71. The van der Waals surface area contributed by atoms with Gasteiger partial charge in [-0.05, 0) is 56.4 Å². The molecule has 1 saturated heterocycles. The number of hydrogen-bond acceptors (Lipinski definition) is 6. The van der Waals surface area contributed by atoms with Crippen molar-refractivity contribution in [2.75, 3.05) is 10.6 Å². The Bertz CT molecular complexity index is 1030. The van der Waals surface area contributed by atoms with Crippen molar-refractivity contribution in [3.8, 4) is 0 Å². The van der Waals surface area contributed by atoms with Crippen molar-refractivity contribution in [3.05, 3.63) is 23.4 Å². The first-order valence-electron chi connectivity index (χ1n) is 10.6. The van der Waals surface area contributed by atoms with E-state index in [1.165, 1.54) is 38.5 Å². The lowest BCUT2D eigenvalue weighted by molar-refractivity contribution is -0.124. The minimum atomic E-state index is -0.331. The van der Waals surface area contributed by atoms with Crippen LogP contribution in [0.3, 0.4) is 0 Å². The summed E-state index contributed by atoms with van der Waals surface area (Å²) in [4.78, 5) is 28.4. The summed E-state index contributed by atoms with van der Waals surface area (Å²) in [6, 6.07) is 3.04. The molecule has 8 heteroatoms. The summed E-state index contributed by atoms with van der Waals surface area (Å²) < 4.78 is 1.80. The van der Waals surface area contributed by atoms with Gasteiger partial charge in [-0.2, -0.15) is 9.61 Å². The van der Waals surface area contributed by atoms with Crippen molar-refractivity contribution in [1.29, 1.82) is 0 Å². The van der Waals surface area contributed by atoms with Crippen molar-refractivity contribution >= 4 is 35.2 Å². The topological polar surface area (TPSA) is 100 Å². The predicted octanol–water partition coefficient (Wildman–Crippen LogP) is 2.33. The van der Waals surface area contributed by atoms with Crippen molar-refractivity contribution in [1.82, 2.24) is 19.9 Å². The molecular formula is C21H24N6O2. The number of nitrogens with one attached hydrogen (secondary N) is 3. The Hall–Kier alpha value is -2.90. The number of nitrogens with zero attached hydrogens (tertiary/aromatic N) is 3. The van der Waals surface area contributed by atoms with E-state index in [1.807, 2.05) is 0 Å². The van der Waals surface area contributed by atoms with Gasteiger partial charge in [0.15, 0.2) is 5.65 Å². The van der Waals surface area contributed by atoms with E-state index >= 15 is 0 Å². The lowest BCUT2D eigenvalue weighted by atomic mass is 10.1. The molecule has 2 amide bonds. The summed E-state index contributed by atoms with van der Waals surface area (Å²) in [5, 5.41) is 14.1. The number of aromatic nitrogens is 3. The zero-order valence-corrected chi connectivity index (χ0v) is 16.1. The summed E-state index contributed by atoms with van der Waals surface area (Å²) in [5.41, 5.74) is 1.90. The third kappa shape index (κ3) is 3.36. The number of hydrogen-bond donors (Lipinski definition) is 3. The largest absolute Gasteiger partial charge is 0.367 e. The van der Waals surface area contributed by atoms with Gasteiger partial charge in [0.1, 0.15) is 11.6 Å². The summed E-state index contributed by atoms with van der Waals surface area (Å²) in [7, 11) is 0. The van der Waals surface area contributed by atoms with E-state index < -0.39 is 0 Å². The molecule has 2 aromatic heterocycles. The third-order valence-corrected chi connectivity index (χ3v) is 6.23. The van der Waals surface area contributed by atoms with E-state index in [4.69, 9.17) is 4.98 Å². The fraction of sp³-hybridized carbons (Fsp3) is 0.524. The van der Waals surface area contributed by atoms with Crippen LogP contribution in [-0.2, 0) is 9.59 Å². The normalized spacial score (nSPS) is 23.3. The Kier molecular flexibility index (Phi) is 3.69. The number of carbonyl (C=O) groups is 2. The van der Waals surface area contributed by atoms with Crippen LogP contribution < -0.4 is 16.0 Å². The second-order valence-electron chi connectivity index (χ2n) is 8.85. The molecule has 0 aromatic carbocycles. The highest BCUT2D eigenvalue weighted by molar-refractivity contribution is 6.15. The van der Waals surface area contributed by atoms with Crippen molar-refractivity contribution in [2.24, 2.45) is 11.8 Å². The molecule has 1 aliphatic heterocycles. The van der Waals surface area contributed by atoms with E-state index in [1.54, 1.807) is 16.8 Å². The van der Waals surface area contributed by atoms with Crippen LogP contribution in [0, 0.1) is 11.8 Å². The molecule has 0 spiro atoms. The average Bonchev–Trinajstić information content (AvgIpc) is 3.56. The Morgan fingerprint density at radius 2 is 1.90 bits per heavy atom. The van der Waals surface area contributed by atoms with E-state index in [-0.39, 0.29) is 18.2 Å². The molecule has 4 fully saturated rings. The van der Waals surface area contributed by atoms with Crippen LogP contribution in [0.5, 0.6) is 0 Å². The first-order chi connectivity index (χ1) is 14.1. The van der Waals surface area contributed by atoms with Gasteiger partial charge in [0.05, 0.1) is 12.6 Å². The van der Waals surface area contributed by atoms with Crippen LogP contribution in [-0.4, -0.2) is 38.5 Å². The third-order valence-electron chi connectivity index (χ3n) is 6.23. The van der Waals surface area contributed by atoms with Crippen LogP contribution in [0.25, 0.3) is 11.7 Å². The second-order valence-corrected chi connectivity index (χ2v) is 8.85. The number of rotatable bonds is 7. The summed E-state index contributed by atoms with van der Waals surface area (Å²) in [6.45, 7) is 0. The number of anilines is 2. The van der Waals surface area contributed by atoms with Gasteiger partial charge in [-0.1, -0.05) is 0 Å². The molecule has 8 nitrogen and oxygen atoms in total. The molecule has 150 valence electrons. The maximum Gasteiger partial charge on any atom is 0.254 e. The molecule has 6 rings (SSSR count). The van der Waals surface area contributed by atoms with Crippen LogP contribution >= 0.6 is 0 Å². The SMILES string of the molecule is O=C1C/C(=C\c2cnn3c(NC4CC4)cc(NC(C4CC4)C4CC4)nc23)C(=O)N1. The molecule has 3 N–H and O–H groups in total. The standard InChI is InChI=1S/C21H24N6O2/c28-18-8-13(21(29)26-18)7-14-10-22-27-17(23-15-5-6-15)9-16(25-20(14)27)24-19(11-1-2-11)12-3-4-12/h7,9-12,15,19,23H,1-6,8H2,(H,24,25)(H,26,28,29)/b13-7+. The monoisotopic (exact) mass is 392 g/mol. The Morgan fingerprint density at radius 1 is 1.14 bits per heavy atom. The molecular weight excluding hydrogens is 368 g/mol. The van der Waals surface area contributed by atoms with Crippen molar-refractivity contribution in [2.45, 2.75) is 57.0 Å². The number of fused-ring (bicyclic) bond motifs is 1. The highest BCUT2D eigenvalue weighted by Crippen LogP contribution is 2.46. The smallest absolute Gasteiger partial charge is 0.254 e. The lowest BCUT2D eigenvalue weighted by Crippen LogP contribution is -2.25. The number of carbonyl (C=O) groups excluding carboxylic acids is 2. The minimum Gasteiger partial charge on any atom is -0.367 e. The van der Waals surface area contributed by atoms with Gasteiger partial charge in [-0.15, -0.1) is 0 Å². The molecule has 4 aliphatic rings. The van der Waals surface area contributed by atoms with Crippen LogP contribution in [0.1, 0.15) is 50.5 Å². The Balaban J connectivity index is 1.39. The van der Waals surface area contributed by atoms with Crippen LogP contribution in [0.15, 0.2) is 17.8 Å². The highest BCUT2D eigenvalue weighted by Gasteiger charge is 2.41. The first kappa shape index (κ1) is 17.0. The zero-order chi connectivity index (χ0) is 19.5. The van der Waals surface area contributed by atoms with Gasteiger partial charge < -0.3 is 10.6 Å². The van der Waals surface area contributed by atoms with Gasteiger partial charge >= 0.3 is 0 Å². The zero-order valence-electron chi connectivity index (χ0n) is 16.1. The van der Waals surface area contributed by atoms with E-state index in [0.29, 0.717) is 23.3 Å². The highest BCUT2D eigenvalue weighted by atomic mass is 16.2. The molecule has 2 aromatic rings. The van der Waals surface area contributed by atoms with E-state index in [0.717, 1.165) is 29.0 Å². The van der Waals surface area contributed by atoms with Gasteiger partial charge in [-0.25, -0.2) is 4.98 Å². The quantitative estimate of drug-likeness (QED) is 0.494. The number of amides is 2. The first-order valence-corrected chi connectivity index (χ1v) is 10.6. The molecule has 3 saturated carbocycles. The lowest BCUT2D eigenvalue weighted by Gasteiger charge is -2.19. The van der Waals surface area contributed by atoms with E-state index in [2.05, 4.69) is 27.1 Å². The summed E-state index contributed by atoms with van der Waals surface area (Å²) in [6.07, 6.45) is 11.1. The van der Waals surface area contributed by atoms with Crippen LogP contribution in [0.2, 0.25) is 0 Å². The molecule has 29 heavy (non-hydrogen) atoms. The molecule has 3 aliphatic carbocycles. The van der Waals surface area contributed by atoms with Gasteiger partial charge in [0.25, 0.3) is 5.91 Å². The van der Waals surface area contributed by atoms with Crippen molar-refractivity contribution < 1.29 is 9.59 Å². The van der Waals surface area contributed by atoms with Crippen LogP contribution in [0.4, 0.5) is 11.6 Å². The molecule has 0 radical (unpaired) electrons. The maximum atomic E-state index is 12.0. The predicted molar refractivity (Wildman–Crippen MR) is 108 cm³/mol.